The second-order valence-corrected chi connectivity index (χ2v) is 14.3. The largest absolute Gasteiger partial charge is 0.463 e. The second kappa shape index (κ2) is 16.7. The van der Waals surface area contributed by atoms with Gasteiger partial charge >= 0.3 is 5.97 Å². The molecule has 0 saturated carbocycles. The third-order valence-electron chi connectivity index (χ3n) is 10.3. The number of rotatable bonds is 17. The molecule has 0 aliphatic carbocycles. The molecule has 2 N–H and O–H groups in total. The van der Waals surface area contributed by atoms with Crippen LogP contribution in [0, 0.1) is 11.8 Å². The van der Waals surface area contributed by atoms with Crippen molar-refractivity contribution in [1.82, 2.24) is 20.0 Å². The summed E-state index contributed by atoms with van der Waals surface area (Å²) in [5, 5.41) is 13.5. The zero-order valence-corrected chi connectivity index (χ0v) is 29.8. The van der Waals surface area contributed by atoms with Crippen molar-refractivity contribution < 1.29 is 38.5 Å². The minimum atomic E-state index is -1.28. The maximum atomic E-state index is 14.7. The molecule has 13 heteroatoms. The van der Waals surface area contributed by atoms with Crippen LogP contribution in [-0.4, -0.2) is 131 Å². The van der Waals surface area contributed by atoms with Crippen LogP contribution in [0.3, 0.4) is 0 Å². The number of hydrogen-bond donors (Lipinski definition) is 2. The Morgan fingerprint density at radius 2 is 1.94 bits per heavy atom. The SMILES string of the molecule is C=CCCC(=O)OC[C@@H](NC(=O)[C@H]1[C@@H]2O[C@@]3(CC2Br)[C@@H]1C(=O)N([C@@H](CC)CO)[C@@H]3C(=O)N(CC=C)CCN1CCOCC1)c1ccccc1. The number of esters is 1. The molecule has 8 atom stereocenters. The fraction of sp³-hybridized carbons (Fsp3) is 0.611. The Kier molecular flexibility index (Phi) is 12.7. The minimum Gasteiger partial charge on any atom is -0.463 e. The highest BCUT2D eigenvalue weighted by Gasteiger charge is 2.77. The molecule has 4 heterocycles. The van der Waals surface area contributed by atoms with Gasteiger partial charge in [0.25, 0.3) is 0 Å². The van der Waals surface area contributed by atoms with Gasteiger partial charge in [0.1, 0.15) is 18.2 Å². The van der Waals surface area contributed by atoms with Gasteiger partial charge in [-0.25, -0.2) is 0 Å². The number of halogens is 1. The van der Waals surface area contributed by atoms with Crippen molar-refractivity contribution >= 4 is 39.6 Å². The molecule has 4 fully saturated rings. The van der Waals surface area contributed by atoms with Gasteiger partial charge in [0.05, 0.1) is 49.8 Å². The molecule has 3 amide bonds. The highest BCUT2D eigenvalue weighted by molar-refractivity contribution is 9.09. The molecule has 4 saturated heterocycles. The summed E-state index contributed by atoms with van der Waals surface area (Å²) in [6.45, 7) is 13.1. The summed E-state index contributed by atoms with van der Waals surface area (Å²) in [7, 11) is 0. The van der Waals surface area contributed by atoms with Crippen molar-refractivity contribution in [3.63, 3.8) is 0 Å². The minimum absolute atomic E-state index is 0.0964. The molecule has 49 heavy (non-hydrogen) atoms. The third kappa shape index (κ3) is 7.65. The van der Waals surface area contributed by atoms with Crippen molar-refractivity contribution in [3.05, 3.63) is 61.2 Å². The normalized spacial score (nSPS) is 28.8. The lowest BCUT2D eigenvalue weighted by atomic mass is 9.70. The van der Waals surface area contributed by atoms with Crippen LogP contribution in [0.5, 0.6) is 0 Å². The van der Waals surface area contributed by atoms with Crippen LogP contribution >= 0.6 is 15.9 Å². The van der Waals surface area contributed by atoms with Crippen LogP contribution in [0.25, 0.3) is 0 Å². The molecule has 1 spiro atoms. The van der Waals surface area contributed by atoms with E-state index in [-0.39, 0.29) is 42.8 Å². The lowest BCUT2D eigenvalue weighted by Crippen LogP contribution is -2.59. The molecule has 2 bridgehead atoms. The Balaban J connectivity index is 1.44. The van der Waals surface area contributed by atoms with Gasteiger partial charge < -0.3 is 34.4 Å². The maximum Gasteiger partial charge on any atom is 0.306 e. The van der Waals surface area contributed by atoms with E-state index in [2.05, 4.69) is 39.3 Å². The van der Waals surface area contributed by atoms with E-state index in [9.17, 15) is 24.3 Å². The van der Waals surface area contributed by atoms with Gasteiger partial charge in [0.15, 0.2) is 0 Å². The highest BCUT2D eigenvalue weighted by Crippen LogP contribution is 2.60. The van der Waals surface area contributed by atoms with Gasteiger partial charge in [-0.3, -0.25) is 24.1 Å². The summed E-state index contributed by atoms with van der Waals surface area (Å²) in [5.74, 6) is -3.37. The fourth-order valence-corrected chi connectivity index (χ4v) is 8.75. The van der Waals surface area contributed by atoms with Crippen molar-refractivity contribution in [2.45, 2.75) is 67.3 Å². The molecule has 1 aromatic rings. The number of aliphatic hydroxyl groups excluding tert-OH is 1. The Morgan fingerprint density at radius 3 is 2.59 bits per heavy atom. The van der Waals surface area contributed by atoms with Crippen LogP contribution in [-0.2, 0) is 33.4 Å². The van der Waals surface area contributed by atoms with Crippen molar-refractivity contribution in [2.24, 2.45) is 11.8 Å². The number of benzene rings is 1. The molecular weight excluding hydrogens is 696 g/mol. The first kappa shape index (κ1) is 37.2. The number of amides is 3. The summed E-state index contributed by atoms with van der Waals surface area (Å²) in [6, 6.07) is 6.84. The number of likely N-dealkylation sites (tertiary alicyclic amines) is 1. The first-order valence-corrected chi connectivity index (χ1v) is 18.2. The molecule has 4 aliphatic rings. The lowest BCUT2D eigenvalue weighted by molar-refractivity contribution is -0.151. The number of nitrogens with one attached hydrogen (secondary N) is 1. The van der Waals surface area contributed by atoms with Crippen molar-refractivity contribution in [1.29, 1.82) is 0 Å². The van der Waals surface area contributed by atoms with E-state index in [4.69, 9.17) is 14.2 Å². The zero-order valence-electron chi connectivity index (χ0n) is 28.2. The number of aliphatic hydroxyl groups is 1. The predicted molar refractivity (Wildman–Crippen MR) is 185 cm³/mol. The Morgan fingerprint density at radius 1 is 1.20 bits per heavy atom. The second-order valence-electron chi connectivity index (χ2n) is 13.2. The number of fused-ring (bicyclic) bond motifs is 1. The first-order chi connectivity index (χ1) is 23.7. The van der Waals surface area contributed by atoms with Crippen LogP contribution in [0.15, 0.2) is 55.6 Å². The average Bonchev–Trinajstić information content (AvgIpc) is 3.72. The molecule has 4 aliphatic heterocycles. The smallest absolute Gasteiger partial charge is 0.306 e. The van der Waals surface area contributed by atoms with Gasteiger partial charge in [0.2, 0.25) is 17.7 Å². The number of alkyl halides is 1. The number of nitrogens with zero attached hydrogens (tertiary/aromatic N) is 3. The Hall–Kier alpha value is -3.10. The average molecular weight is 746 g/mol. The quantitative estimate of drug-likeness (QED) is 0.140. The van der Waals surface area contributed by atoms with E-state index in [0.717, 1.165) is 18.7 Å². The monoisotopic (exact) mass is 744 g/mol. The summed E-state index contributed by atoms with van der Waals surface area (Å²) in [5.41, 5.74) is -0.546. The molecule has 268 valence electrons. The number of ether oxygens (including phenoxy) is 3. The highest BCUT2D eigenvalue weighted by atomic mass is 79.9. The van der Waals surface area contributed by atoms with Gasteiger partial charge in [-0.1, -0.05) is 65.3 Å². The molecule has 0 radical (unpaired) electrons. The lowest BCUT2D eigenvalue weighted by Gasteiger charge is -2.39. The fourth-order valence-electron chi connectivity index (χ4n) is 7.80. The van der Waals surface area contributed by atoms with E-state index >= 15 is 0 Å². The standard InChI is InChI=1S/C36H49BrN4O8/c1-4-7-13-28(43)48-23-27(24-11-9-8-10-12-24)38-33(44)29-30-34(45)41(25(6-3)22-42)32(36(30)21-26(37)31(29)49-36)35(46)40(14-5-2)16-15-39-17-19-47-20-18-39/h4-5,8-12,25-27,29-32,42H,1-2,6-7,13-23H2,3H3,(H,38,44)/t25-,26?,27+,29+,30-,31+,32+,36-/m0/s1. The van der Waals surface area contributed by atoms with Crippen LogP contribution in [0.1, 0.15) is 44.2 Å². The number of hydrogen-bond acceptors (Lipinski definition) is 9. The van der Waals surface area contributed by atoms with Gasteiger partial charge in [-0.05, 0) is 24.8 Å². The number of allylic oxidation sites excluding steroid dienone is 1. The summed E-state index contributed by atoms with van der Waals surface area (Å²) in [4.78, 5) is 61.2. The molecule has 5 rings (SSSR count). The molecule has 0 aromatic heterocycles. The molecule has 1 unspecified atom stereocenters. The first-order valence-electron chi connectivity index (χ1n) is 17.3. The van der Waals surface area contributed by atoms with Gasteiger partial charge in [-0.2, -0.15) is 0 Å². The van der Waals surface area contributed by atoms with E-state index < -0.39 is 53.5 Å². The Labute approximate surface area is 296 Å². The number of carbonyl (C=O) groups excluding carboxylic acids is 4. The molecule has 12 nitrogen and oxygen atoms in total. The maximum absolute atomic E-state index is 14.7. The van der Waals surface area contributed by atoms with E-state index in [1.165, 1.54) is 4.90 Å². The third-order valence-corrected chi connectivity index (χ3v) is 11.1. The van der Waals surface area contributed by atoms with Crippen molar-refractivity contribution in [3.8, 4) is 0 Å². The van der Waals surface area contributed by atoms with Gasteiger partial charge in [-0.15, -0.1) is 13.2 Å². The summed E-state index contributed by atoms with van der Waals surface area (Å²) < 4.78 is 17.7. The Bertz CT molecular complexity index is 1360. The molecular formula is C36H49BrN4O8. The van der Waals surface area contributed by atoms with Crippen LogP contribution in [0.4, 0.5) is 0 Å². The van der Waals surface area contributed by atoms with E-state index in [1.807, 2.05) is 37.3 Å². The van der Waals surface area contributed by atoms with Crippen molar-refractivity contribution in [2.75, 3.05) is 59.2 Å². The predicted octanol–water partition coefficient (Wildman–Crippen LogP) is 2.22. The van der Waals surface area contributed by atoms with E-state index in [1.54, 1.807) is 17.1 Å². The number of carbonyl (C=O) groups is 4. The van der Waals surface area contributed by atoms with Crippen LogP contribution in [0.2, 0.25) is 0 Å². The topological polar surface area (TPSA) is 138 Å². The zero-order chi connectivity index (χ0) is 35.1. The van der Waals surface area contributed by atoms with Gasteiger partial charge in [0, 0.05) is 44.0 Å². The number of morpholine rings is 1. The summed E-state index contributed by atoms with van der Waals surface area (Å²) in [6.07, 6.45) is 4.04. The van der Waals surface area contributed by atoms with Crippen LogP contribution < -0.4 is 5.32 Å². The molecule has 1 aromatic carbocycles. The van der Waals surface area contributed by atoms with E-state index in [0.29, 0.717) is 45.6 Å². The summed E-state index contributed by atoms with van der Waals surface area (Å²) >= 11 is 3.74.